The molecule has 0 unspecified atom stereocenters. The van der Waals surface area contributed by atoms with Crippen LogP contribution in [0.2, 0.25) is 0 Å². The quantitative estimate of drug-likeness (QED) is 0.874. The standard InChI is InChI=1S/C17H26N2O3/c1-13-5-4-8-19(11-13)12-17(20)18-10-14-6-7-15(21-2)16(9-14)22-3/h6-7,9,13H,4-5,8,10-12H2,1-3H3,(H,18,20)/t13-/m0/s1. The second-order valence-corrected chi connectivity index (χ2v) is 5.95. The molecule has 0 bridgehead atoms. The molecule has 1 heterocycles. The first-order chi connectivity index (χ1) is 10.6. The predicted octanol–water partition coefficient (Wildman–Crippen LogP) is 2.05. The average Bonchev–Trinajstić information content (AvgIpc) is 2.52. The molecule has 0 saturated carbocycles. The molecule has 1 saturated heterocycles. The van der Waals surface area contributed by atoms with Crippen molar-refractivity contribution in [1.29, 1.82) is 0 Å². The van der Waals surface area contributed by atoms with Gasteiger partial charge in [-0.1, -0.05) is 13.0 Å². The van der Waals surface area contributed by atoms with Gasteiger partial charge in [0.2, 0.25) is 5.91 Å². The van der Waals surface area contributed by atoms with Crippen LogP contribution in [0.5, 0.6) is 11.5 Å². The van der Waals surface area contributed by atoms with Crippen molar-refractivity contribution in [2.75, 3.05) is 33.9 Å². The van der Waals surface area contributed by atoms with E-state index < -0.39 is 0 Å². The van der Waals surface area contributed by atoms with Crippen LogP contribution in [-0.2, 0) is 11.3 Å². The molecule has 1 N–H and O–H groups in total. The molecule has 1 amide bonds. The van der Waals surface area contributed by atoms with Crippen LogP contribution < -0.4 is 14.8 Å². The summed E-state index contributed by atoms with van der Waals surface area (Å²) in [5, 5.41) is 2.97. The van der Waals surface area contributed by atoms with Gasteiger partial charge in [-0.25, -0.2) is 0 Å². The van der Waals surface area contributed by atoms with E-state index in [4.69, 9.17) is 9.47 Å². The molecule has 1 aliphatic rings. The van der Waals surface area contributed by atoms with Gasteiger partial charge in [-0.15, -0.1) is 0 Å². The number of benzene rings is 1. The third kappa shape index (κ3) is 4.63. The number of nitrogens with one attached hydrogen (secondary N) is 1. The molecule has 22 heavy (non-hydrogen) atoms. The molecule has 1 aromatic rings. The van der Waals surface area contributed by atoms with E-state index >= 15 is 0 Å². The number of likely N-dealkylation sites (tertiary alicyclic amines) is 1. The highest BCUT2D eigenvalue weighted by Gasteiger charge is 2.18. The van der Waals surface area contributed by atoms with Crippen molar-refractivity contribution in [2.45, 2.75) is 26.3 Å². The molecule has 0 radical (unpaired) electrons. The second kappa shape index (κ2) is 8.03. The fraction of sp³-hybridized carbons (Fsp3) is 0.588. The van der Waals surface area contributed by atoms with Crippen LogP contribution in [0, 0.1) is 5.92 Å². The van der Waals surface area contributed by atoms with Crippen molar-refractivity contribution in [3.63, 3.8) is 0 Å². The monoisotopic (exact) mass is 306 g/mol. The zero-order valence-electron chi connectivity index (χ0n) is 13.7. The Hall–Kier alpha value is -1.75. The first-order valence-electron chi connectivity index (χ1n) is 7.82. The number of piperidine rings is 1. The molecular weight excluding hydrogens is 280 g/mol. The highest BCUT2D eigenvalue weighted by molar-refractivity contribution is 5.78. The maximum absolute atomic E-state index is 12.1. The van der Waals surface area contributed by atoms with Gasteiger partial charge in [0, 0.05) is 13.1 Å². The van der Waals surface area contributed by atoms with Crippen LogP contribution in [0.25, 0.3) is 0 Å². The lowest BCUT2D eigenvalue weighted by atomic mass is 10.0. The van der Waals surface area contributed by atoms with Gasteiger partial charge in [-0.05, 0) is 43.0 Å². The van der Waals surface area contributed by atoms with Crippen LogP contribution in [0.4, 0.5) is 0 Å². The van der Waals surface area contributed by atoms with E-state index in [0.29, 0.717) is 30.5 Å². The van der Waals surface area contributed by atoms with E-state index in [1.165, 1.54) is 12.8 Å². The summed E-state index contributed by atoms with van der Waals surface area (Å²) in [4.78, 5) is 14.3. The summed E-state index contributed by atoms with van der Waals surface area (Å²) in [6.45, 7) is 5.27. The topological polar surface area (TPSA) is 50.8 Å². The number of ether oxygens (including phenoxy) is 2. The van der Waals surface area contributed by atoms with Crippen LogP contribution in [0.15, 0.2) is 18.2 Å². The maximum Gasteiger partial charge on any atom is 0.234 e. The van der Waals surface area contributed by atoms with Crippen molar-refractivity contribution in [2.24, 2.45) is 5.92 Å². The van der Waals surface area contributed by atoms with E-state index in [1.54, 1.807) is 14.2 Å². The molecule has 1 aromatic carbocycles. The minimum atomic E-state index is 0.0730. The molecule has 0 aromatic heterocycles. The van der Waals surface area contributed by atoms with Crippen molar-refractivity contribution in [1.82, 2.24) is 10.2 Å². The van der Waals surface area contributed by atoms with Crippen LogP contribution >= 0.6 is 0 Å². The van der Waals surface area contributed by atoms with Gasteiger partial charge in [-0.2, -0.15) is 0 Å². The second-order valence-electron chi connectivity index (χ2n) is 5.95. The molecule has 1 fully saturated rings. The average molecular weight is 306 g/mol. The van der Waals surface area contributed by atoms with Crippen molar-refractivity contribution < 1.29 is 14.3 Å². The molecule has 5 nitrogen and oxygen atoms in total. The highest BCUT2D eigenvalue weighted by Crippen LogP contribution is 2.27. The number of nitrogens with zero attached hydrogens (tertiary/aromatic N) is 1. The number of carbonyl (C=O) groups excluding carboxylic acids is 1. The Morgan fingerprint density at radius 1 is 1.32 bits per heavy atom. The summed E-state index contributed by atoms with van der Waals surface area (Å²) >= 11 is 0. The largest absolute Gasteiger partial charge is 0.493 e. The Bertz CT molecular complexity index is 505. The van der Waals surface area contributed by atoms with Gasteiger partial charge in [0.15, 0.2) is 11.5 Å². The van der Waals surface area contributed by atoms with E-state index in [0.717, 1.165) is 18.7 Å². The summed E-state index contributed by atoms with van der Waals surface area (Å²) in [7, 11) is 3.22. The number of rotatable bonds is 6. The van der Waals surface area contributed by atoms with E-state index in [-0.39, 0.29) is 5.91 Å². The Kier molecular flexibility index (Phi) is 6.07. The minimum Gasteiger partial charge on any atom is -0.493 e. The third-order valence-corrected chi connectivity index (χ3v) is 4.05. The van der Waals surface area contributed by atoms with Gasteiger partial charge in [0.05, 0.1) is 20.8 Å². The van der Waals surface area contributed by atoms with Gasteiger partial charge < -0.3 is 14.8 Å². The number of amides is 1. The number of carbonyl (C=O) groups is 1. The minimum absolute atomic E-state index is 0.0730. The molecule has 1 atom stereocenters. The molecule has 1 aliphatic heterocycles. The Labute approximate surface area is 132 Å². The van der Waals surface area contributed by atoms with Crippen molar-refractivity contribution in [3.05, 3.63) is 23.8 Å². The normalized spacial score (nSPS) is 18.8. The zero-order chi connectivity index (χ0) is 15.9. The Balaban J connectivity index is 1.83. The maximum atomic E-state index is 12.1. The van der Waals surface area contributed by atoms with Gasteiger partial charge in [0.25, 0.3) is 0 Å². The summed E-state index contributed by atoms with van der Waals surface area (Å²) in [5.74, 6) is 2.13. The molecule has 5 heteroatoms. The predicted molar refractivity (Wildman–Crippen MR) is 86.2 cm³/mol. The SMILES string of the molecule is COc1ccc(CNC(=O)CN2CCC[C@H](C)C2)cc1OC. The Morgan fingerprint density at radius 2 is 2.09 bits per heavy atom. The van der Waals surface area contributed by atoms with E-state index in [2.05, 4.69) is 17.1 Å². The van der Waals surface area contributed by atoms with Crippen LogP contribution in [0.1, 0.15) is 25.3 Å². The molecule has 122 valence electrons. The lowest BCUT2D eigenvalue weighted by molar-refractivity contribution is -0.122. The Morgan fingerprint density at radius 3 is 2.77 bits per heavy atom. The summed E-state index contributed by atoms with van der Waals surface area (Å²) < 4.78 is 10.5. The molecule has 2 rings (SSSR count). The summed E-state index contributed by atoms with van der Waals surface area (Å²) in [6, 6.07) is 5.68. The zero-order valence-corrected chi connectivity index (χ0v) is 13.7. The van der Waals surface area contributed by atoms with E-state index in [9.17, 15) is 4.79 Å². The molecule has 0 aliphatic carbocycles. The molecule has 0 spiro atoms. The van der Waals surface area contributed by atoms with Gasteiger partial charge in [0.1, 0.15) is 0 Å². The first kappa shape index (κ1) is 16.6. The smallest absolute Gasteiger partial charge is 0.234 e. The third-order valence-electron chi connectivity index (χ3n) is 4.05. The fourth-order valence-electron chi connectivity index (χ4n) is 2.88. The number of hydrogen-bond acceptors (Lipinski definition) is 4. The van der Waals surface area contributed by atoms with Crippen molar-refractivity contribution in [3.8, 4) is 11.5 Å². The van der Waals surface area contributed by atoms with Crippen LogP contribution in [-0.4, -0.2) is 44.7 Å². The van der Waals surface area contributed by atoms with Crippen molar-refractivity contribution >= 4 is 5.91 Å². The lowest BCUT2D eigenvalue weighted by Gasteiger charge is -2.30. The van der Waals surface area contributed by atoms with Crippen LogP contribution in [0.3, 0.4) is 0 Å². The fourth-order valence-corrected chi connectivity index (χ4v) is 2.88. The molecular formula is C17H26N2O3. The lowest BCUT2D eigenvalue weighted by Crippen LogP contribution is -2.41. The summed E-state index contributed by atoms with van der Waals surface area (Å²) in [5.41, 5.74) is 0.998. The number of methoxy groups -OCH3 is 2. The van der Waals surface area contributed by atoms with Gasteiger partial charge in [-0.3, -0.25) is 9.69 Å². The number of hydrogen-bond donors (Lipinski definition) is 1. The van der Waals surface area contributed by atoms with Gasteiger partial charge >= 0.3 is 0 Å². The first-order valence-corrected chi connectivity index (χ1v) is 7.82. The summed E-state index contributed by atoms with van der Waals surface area (Å²) in [6.07, 6.45) is 2.45. The highest BCUT2D eigenvalue weighted by atomic mass is 16.5. The van der Waals surface area contributed by atoms with E-state index in [1.807, 2.05) is 18.2 Å².